The molecule has 0 aliphatic heterocycles. The molecule has 0 fully saturated rings. The number of nitrogens with two attached hydrogens (primary N) is 1. The second-order valence-corrected chi connectivity index (χ2v) is 7.03. The molecule has 0 saturated carbocycles. The Labute approximate surface area is 133 Å². The summed E-state index contributed by atoms with van der Waals surface area (Å²) < 4.78 is 0. The van der Waals surface area contributed by atoms with Crippen molar-refractivity contribution in [3.8, 4) is 0 Å². The SMILES string of the molecule is CCCc1cc(=O)[nH]c(SC(c2cccs2)C(N)CC)n1. The average molecular weight is 323 g/mol. The third-order valence-electron chi connectivity index (χ3n) is 3.20. The number of thioether (sulfide) groups is 1. The molecule has 0 amide bonds. The summed E-state index contributed by atoms with van der Waals surface area (Å²) in [5.41, 5.74) is 7.01. The van der Waals surface area contributed by atoms with Crippen molar-refractivity contribution in [1.29, 1.82) is 0 Å². The first-order chi connectivity index (χ1) is 10.1. The summed E-state index contributed by atoms with van der Waals surface area (Å²) in [7, 11) is 0. The fraction of sp³-hybridized carbons (Fsp3) is 0.467. The van der Waals surface area contributed by atoms with Gasteiger partial charge in [-0.15, -0.1) is 11.3 Å². The second-order valence-electron chi connectivity index (χ2n) is 4.92. The Kier molecular flexibility index (Phi) is 6.02. The van der Waals surface area contributed by atoms with E-state index in [4.69, 9.17) is 5.73 Å². The normalized spacial score (nSPS) is 14.0. The molecule has 2 rings (SSSR count). The zero-order valence-corrected chi connectivity index (χ0v) is 14.0. The maximum absolute atomic E-state index is 11.8. The van der Waals surface area contributed by atoms with E-state index in [9.17, 15) is 4.79 Å². The molecule has 0 bridgehead atoms. The number of nitrogens with one attached hydrogen (secondary N) is 1. The first kappa shape index (κ1) is 16.3. The van der Waals surface area contributed by atoms with Crippen LogP contribution in [-0.2, 0) is 6.42 Å². The van der Waals surface area contributed by atoms with Crippen LogP contribution in [0.1, 0.15) is 42.5 Å². The standard InChI is InChI=1S/C15H21N3OS2/c1-3-6-10-9-13(19)18-15(17-10)21-14(11(16)4-2)12-7-5-8-20-12/h5,7-9,11,14H,3-4,6,16H2,1-2H3,(H,17,18,19). The van der Waals surface area contributed by atoms with Crippen molar-refractivity contribution >= 4 is 23.1 Å². The molecule has 6 heteroatoms. The van der Waals surface area contributed by atoms with Gasteiger partial charge in [-0.05, 0) is 24.3 Å². The van der Waals surface area contributed by atoms with Crippen molar-refractivity contribution in [3.05, 3.63) is 44.5 Å². The van der Waals surface area contributed by atoms with Gasteiger partial charge in [-0.2, -0.15) is 0 Å². The monoisotopic (exact) mass is 323 g/mol. The summed E-state index contributed by atoms with van der Waals surface area (Å²) in [6.45, 7) is 4.16. The molecular weight excluding hydrogens is 302 g/mol. The van der Waals surface area contributed by atoms with E-state index in [-0.39, 0.29) is 16.9 Å². The van der Waals surface area contributed by atoms with E-state index in [1.807, 2.05) is 6.07 Å². The van der Waals surface area contributed by atoms with Gasteiger partial charge in [0.2, 0.25) is 0 Å². The Morgan fingerprint density at radius 2 is 2.29 bits per heavy atom. The Morgan fingerprint density at radius 3 is 2.90 bits per heavy atom. The Bertz CT molecular complexity index is 610. The van der Waals surface area contributed by atoms with E-state index in [1.165, 1.54) is 4.88 Å². The minimum absolute atomic E-state index is 0.0359. The van der Waals surface area contributed by atoms with Crippen LogP contribution in [0.25, 0.3) is 0 Å². The van der Waals surface area contributed by atoms with Gasteiger partial charge in [-0.3, -0.25) is 4.79 Å². The number of rotatable bonds is 7. The fourth-order valence-electron chi connectivity index (χ4n) is 2.07. The molecule has 2 aromatic heterocycles. The highest BCUT2D eigenvalue weighted by atomic mass is 32.2. The lowest BCUT2D eigenvalue weighted by Gasteiger charge is -2.20. The van der Waals surface area contributed by atoms with Gasteiger partial charge in [-0.25, -0.2) is 4.98 Å². The van der Waals surface area contributed by atoms with Crippen molar-refractivity contribution in [1.82, 2.24) is 9.97 Å². The highest BCUT2D eigenvalue weighted by molar-refractivity contribution is 7.99. The van der Waals surface area contributed by atoms with E-state index < -0.39 is 0 Å². The molecule has 0 spiro atoms. The lowest BCUT2D eigenvalue weighted by molar-refractivity contribution is 0.637. The zero-order chi connectivity index (χ0) is 15.2. The predicted octanol–water partition coefficient (Wildman–Crippen LogP) is 3.35. The number of hydrogen-bond acceptors (Lipinski definition) is 5. The van der Waals surface area contributed by atoms with Crippen LogP contribution in [0.5, 0.6) is 0 Å². The first-order valence-electron chi connectivity index (χ1n) is 7.20. The van der Waals surface area contributed by atoms with Crippen LogP contribution in [0.3, 0.4) is 0 Å². The van der Waals surface area contributed by atoms with Crippen molar-refractivity contribution in [2.45, 2.75) is 49.6 Å². The van der Waals surface area contributed by atoms with Gasteiger partial charge < -0.3 is 10.7 Å². The van der Waals surface area contributed by atoms with Crippen LogP contribution < -0.4 is 11.3 Å². The van der Waals surface area contributed by atoms with Crippen molar-refractivity contribution in [2.75, 3.05) is 0 Å². The van der Waals surface area contributed by atoms with Gasteiger partial charge in [-0.1, -0.05) is 38.1 Å². The Balaban J connectivity index is 2.26. The molecule has 0 aliphatic carbocycles. The van der Waals surface area contributed by atoms with E-state index in [2.05, 4.69) is 35.3 Å². The maximum atomic E-state index is 11.8. The van der Waals surface area contributed by atoms with Crippen molar-refractivity contribution < 1.29 is 0 Å². The van der Waals surface area contributed by atoms with Crippen LogP contribution in [0, 0.1) is 0 Å². The van der Waals surface area contributed by atoms with Crippen LogP contribution in [0.15, 0.2) is 33.5 Å². The quantitative estimate of drug-likeness (QED) is 0.605. The number of thiophene rings is 1. The smallest absolute Gasteiger partial charge is 0.251 e. The minimum atomic E-state index is -0.0917. The topological polar surface area (TPSA) is 71.8 Å². The highest BCUT2D eigenvalue weighted by Gasteiger charge is 2.22. The van der Waals surface area contributed by atoms with Crippen LogP contribution in [0.4, 0.5) is 0 Å². The number of H-pyrrole nitrogens is 1. The van der Waals surface area contributed by atoms with Crippen LogP contribution in [-0.4, -0.2) is 16.0 Å². The molecule has 0 saturated heterocycles. The van der Waals surface area contributed by atoms with Crippen LogP contribution in [0.2, 0.25) is 0 Å². The highest BCUT2D eigenvalue weighted by Crippen LogP contribution is 2.38. The molecule has 2 aromatic rings. The number of nitrogens with zero attached hydrogens (tertiary/aromatic N) is 1. The summed E-state index contributed by atoms with van der Waals surface area (Å²) >= 11 is 3.24. The second kappa shape index (κ2) is 7.77. The average Bonchev–Trinajstić information content (AvgIpc) is 2.97. The van der Waals surface area contributed by atoms with Crippen molar-refractivity contribution in [3.63, 3.8) is 0 Å². The number of aryl methyl sites for hydroxylation is 1. The van der Waals surface area contributed by atoms with Crippen molar-refractivity contribution in [2.24, 2.45) is 5.73 Å². The lowest BCUT2D eigenvalue weighted by atomic mass is 10.1. The van der Waals surface area contributed by atoms with Crippen LogP contribution >= 0.6 is 23.1 Å². The summed E-state index contributed by atoms with van der Waals surface area (Å²) in [5.74, 6) is 0. The molecule has 2 heterocycles. The molecule has 3 N–H and O–H groups in total. The summed E-state index contributed by atoms with van der Waals surface area (Å²) in [6.07, 6.45) is 2.68. The van der Waals surface area contributed by atoms with E-state index >= 15 is 0 Å². The van der Waals surface area contributed by atoms with Gasteiger partial charge in [0, 0.05) is 22.7 Å². The van der Waals surface area contributed by atoms with Gasteiger partial charge in [0.05, 0.1) is 5.25 Å². The number of hydrogen-bond donors (Lipinski definition) is 2. The van der Waals surface area contributed by atoms with E-state index in [1.54, 1.807) is 29.2 Å². The van der Waals surface area contributed by atoms with E-state index in [0.717, 1.165) is 25.0 Å². The van der Waals surface area contributed by atoms with Gasteiger partial charge in [0.15, 0.2) is 5.16 Å². The molecule has 0 aromatic carbocycles. The Hall–Kier alpha value is -1.11. The molecule has 4 nitrogen and oxygen atoms in total. The minimum Gasteiger partial charge on any atom is -0.326 e. The maximum Gasteiger partial charge on any atom is 0.251 e. The molecule has 0 radical (unpaired) electrons. The van der Waals surface area contributed by atoms with Gasteiger partial charge in [0.1, 0.15) is 0 Å². The molecule has 0 aliphatic rings. The summed E-state index contributed by atoms with van der Waals surface area (Å²) in [4.78, 5) is 20.3. The molecule has 21 heavy (non-hydrogen) atoms. The zero-order valence-electron chi connectivity index (χ0n) is 12.3. The fourth-order valence-corrected chi connectivity index (χ4v) is 4.29. The number of aromatic nitrogens is 2. The summed E-state index contributed by atoms with van der Waals surface area (Å²) in [5, 5.41) is 2.83. The molecule has 114 valence electrons. The largest absolute Gasteiger partial charge is 0.326 e. The van der Waals surface area contributed by atoms with Gasteiger partial charge in [0.25, 0.3) is 5.56 Å². The number of aromatic amines is 1. The third kappa shape index (κ3) is 4.43. The van der Waals surface area contributed by atoms with E-state index in [0.29, 0.717) is 5.16 Å². The lowest BCUT2D eigenvalue weighted by Crippen LogP contribution is -2.25. The predicted molar refractivity (Wildman–Crippen MR) is 90.0 cm³/mol. The molecule has 2 atom stereocenters. The summed E-state index contributed by atoms with van der Waals surface area (Å²) in [6, 6.07) is 5.73. The molecule has 2 unspecified atom stereocenters. The molecular formula is C15H21N3OS2. The third-order valence-corrected chi connectivity index (χ3v) is 5.58. The van der Waals surface area contributed by atoms with Gasteiger partial charge >= 0.3 is 0 Å². The first-order valence-corrected chi connectivity index (χ1v) is 8.95. The Morgan fingerprint density at radius 1 is 1.48 bits per heavy atom.